The van der Waals surface area contributed by atoms with Crippen LogP contribution in [0, 0.1) is 0 Å². The summed E-state index contributed by atoms with van der Waals surface area (Å²) in [5, 5.41) is 16.6. The molecule has 1 N–H and O–H groups in total. The zero-order valence-corrected chi connectivity index (χ0v) is 11.4. The molecule has 0 spiro atoms. The number of nitrogens with zero attached hydrogens (tertiary/aromatic N) is 3. The molecule has 0 atom stereocenters. The van der Waals surface area contributed by atoms with E-state index in [4.69, 9.17) is 9.84 Å². The largest absolute Gasteiger partial charge is 0.493 e. The molecule has 0 radical (unpaired) electrons. The van der Waals surface area contributed by atoms with Crippen molar-refractivity contribution in [2.45, 2.75) is 19.6 Å². The molecular weight excluding hydrogens is 284 g/mol. The van der Waals surface area contributed by atoms with Crippen molar-refractivity contribution in [2.75, 3.05) is 13.7 Å². The molecule has 21 heavy (non-hydrogen) atoms. The van der Waals surface area contributed by atoms with Crippen LogP contribution in [-0.4, -0.2) is 40.4 Å². The van der Waals surface area contributed by atoms with Crippen LogP contribution in [0.2, 0.25) is 0 Å². The van der Waals surface area contributed by atoms with E-state index >= 15 is 0 Å². The number of aliphatic hydroxyl groups is 1. The van der Waals surface area contributed by atoms with E-state index < -0.39 is 6.61 Å². The first kappa shape index (κ1) is 15.2. The van der Waals surface area contributed by atoms with Crippen molar-refractivity contribution < 1.29 is 23.4 Å². The number of alkyl halides is 2. The summed E-state index contributed by atoms with van der Waals surface area (Å²) in [5.74, 6) is 0.208. The Kier molecular flexibility index (Phi) is 5.04. The van der Waals surface area contributed by atoms with Crippen LogP contribution in [0.5, 0.6) is 11.5 Å². The van der Waals surface area contributed by atoms with Crippen molar-refractivity contribution in [1.29, 1.82) is 0 Å². The van der Waals surface area contributed by atoms with Gasteiger partial charge in [0.25, 0.3) is 0 Å². The predicted octanol–water partition coefficient (Wildman–Crippen LogP) is 1.47. The molecule has 0 saturated heterocycles. The maximum atomic E-state index is 12.2. The van der Waals surface area contributed by atoms with E-state index in [1.807, 2.05) is 0 Å². The molecule has 2 rings (SSSR count). The number of ether oxygens (including phenoxy) is 2. The summed E-state index contributed by atoms with van der Waals surface area (Å²) in [4.78, 5) is 0. The summed E-state index contributed by atoms with van der Waals surface area (Å²) in [5.41, 5.74) is 1.48. The minimum Gasteiger partial charge on any atom is -0.493 e. The molecule has 0 aliphatic carbocycles. The highest BCUT2D eigenvalue weighted by Gasteiger charge is 2.11. The van der Waals surface area contributed by atoms with Gasteiger partial charge in [-0.05, 0) is 17.7 Å². The summed E-state index contributed by atoms with van der Waals surface area (Å²) in [6.45, 7) is -2.49. The minimum absolute atomic E-state index is 0.00613. The fourth-order valence-electron chi connectivity index (χ4n) is 1.84. The standard InChI is InChI=1S/C13H15F2N3O3/c1-20-12-6-9(2-3-11(12)21-13(14)15)7-18-8-10(4-5-19)16-17-18/h2-3,6,8,13,19H,4-5,7H2,1H3. The number of aromatic nitrogens is 3. The SMILES string of the molecule is COc1cc(Cn2cc(CCO)nn2)ccc1OC(F)F. The lowest BCUT2D eigenvalue weighted by Crippen LogP contribution is -2.05. The molecule has 0 saturated carbocycles. The second-order valence-corrected chi connectivity index (χ2v) is 4.24. The number of methoxy groups -OCH3 is 1. The molecular formula is C13H15F2N3O3. The van der Waals surface area contributed by atoms with Crippen molar-refractivity contribution >= 4 is 0 Å². The average Bonchev–Trinajstić information content (AvgIpc) is 2.87. The Morgan fingerprint density at radius 1 is 1.33 bits per heavy atom. The molecule has 2 aromatic rings. The lowest BCUT2D eigenvalue weighted by Gasteiger charge is -2.11. The average molecular weight is 299 g/mol. The first-order valence-electron chi connectivity index (χ1n) is 6.24. The third kappa shape index (κ3) is 4.12. The van der Waals surface area contributed by atoms with Gasteiger partial charge in [0.15, 0.2) is 11.5 Å². The van der Waals surface area contributed by atoms with Crippen LogP contribution in [0.3, 0.4) is 0 Å². The van der Waals surface area contributed by atoms with Gasteiger partial charge in [0.05, 0.1) is 19.3 Å². The van der Waals surface area contributed by atoms with E-state index in [2.05, 4.69) is 15.0 Å². The van der Waals surface area contributed by atoms with Gasteiger partial charge in [-0.15, -0.1) is 5.10 Å². The summed E-state index contributed by atoms with van der Waals surface area (Å²) in [6, 6.07) is 4.67. The monoisotopic (exact) mass is 299 g/mol. The van der Waals surface area contributed by atoms with Crippen molar-refractivity contribution in [3.8, 4) is 11.5 Å². The summed E-state index contributed by atoms with van der Waals surface area (Å²) < 4.78 is 35.5. The van der Waals surface area contributed by atoms with Gasteiger partial charge < -0.3 is 14.6 Å². The van der Waals surface area contributed by atoms with Crippen molar-refractivity contribution in [3.05, 3.63) is 35.7 Å². The van der Waals surface area contributed by atoms with E-state index in [-0.39, 0.29) is 18.1 Å². The zero-order chi connectivity index (χ0) is 15.2. The van der Waals surface area contributed by atoms with E-state index in [0.717, 1.165) is 5.56 Å². The van der Waals surface area contributed by atoms with Crippen LogP contribution < -0.4 is 9.47 Å². The van der Waals surface area contributed by atoms with Crippen molar-refractivity contribution in [1.82, 2.24) is 15.0 Å². The molecule has 0 aliphatic rings. The van der Waals surface area contributed by atoms with Gasteiger partial charge in [-0.2, -0.15) is 8.78 Å². The van der Waals surface area contributed by atoms with Gasteiger partial charge in [0.1, 0.15) is 0 Å². The number of benzene rings is 1. The minimum atomic E-state index is -2.90. The molecule has 6 nitrogen and oxygen atoms in total. The van der Waals surface area contributed by atoms with E-state index in [1.54, 1.807) is 23.0 Å². The van der Waals surface area contributed by atoms with E-state index in [0.29, 0.717) is 18.7 Å². The lowest BCUT2D eigenvalue weighted by molar-refractivity contribution is -0.0512. The number of hydrogen-bond donors (Lipinski definition) is 1. The molecule has 8 heteroatoms. The van der Waals surface area contributed by atoms with Gasteiger partial charge in [0, 0.05) is 19.2 Å². The lowest BCUT2D eigenvalue weighted by atomic mass is 10.2. The van der Waals surface area contributed by atoms with Crippen LogP contribution in [-0.2, 0) is 13.0 Å². The smallest absolute Gasteiger partial charge is 0.387 e. The number of aliphatic hydroxyl groups excluding tert-OH is 1. The highest BCUT2D eigenvalue weighted by molar-refractivity contribution is 5.43. The normalized spacial score (nSPS) is 10.9. The first-order valence-corrected chi connectivity index (χ1v) is 6.24. The summed E-state index contributed by atoms with van der Waals surface area (Å²) in [7, 11) is 1.38. The molecule has 0 fully saturated rings. The molecule has 0 aliphatic heterocycles. The first-order chi connectivity index (χ1) is 10.1. The van der Waals surface area contributed by atoms with Crippen LogP contribution in [0.25, 0.3) is 0 Å². The zero-order valence-electron chi connectivity index (χ0n) is 11.4. The van der Waals surface area contributed by atoms with Gasteiger partial charge in [-0.3, -0.25) is 0 Å². The molecule has 0 bridgehead atoms. The van der Waals surface area contributed by atoms with E-state index in [9.17, 15) is 8.78 Å². The maximum absolute atomic E-state index is 12.2. The summed E-state index contributed by atoms with van der Waals surface area (Å²) in [6.07, 6.45) is 2.15. The Bertz CT molecular complexity index is 590. The Hall–Kier alpha value is -2.22. The third-order valence-electron chi connectivity index (χ3n) is 2.74. The Morgan fingerprint density at radius 2 is 2.14 bits per heavy atom. The molecule has 1 heterocycles. The topological polar surface area (TPSA) is 69.4 Å². The van der Waals surface area contributed by atoms with Crippen LogP contribution in [0.15, 0.2) is 24.4 Å². The Balaban J connectivity index is 2.12. The fraction of sp³-hybridized carbons (Fsp3) is 0.385. The van der Waals surface area contributed by atoms with Gasteiger partial charge >= 0.3 is 6.61 Å². The molecule has 1 aromatic carbocycles. The summed E-state index contributed by atoms with van der Waals surface area (Å²) >= 11 is 0. The van der Waals surface area contributed by atoms with Crippen LogP contribution in [0.4, 0.5) is 8.78 Å². The third-order valence-corrected chi connectivity index (χ3v) is 2.74. The van der Waals surface area contributed by atoms with Gasteiger partial charge in [-0.25, -0.2) is 4.68 Å². The van der Waals surface area contributed by atoms with Crippen LogP contribution >= 0.6 is 0 Å². The Labute approximate surface area is 119 Å². The predicted molar refractivity (Wildman–Crippen MR) is 69.5 cm³/mol. The Morgan fingerprint density at radius 3 is 2.81 bits per heavy atom. The maximum Gasteiger partial charge on any atom is 0.387 e. The van der Waals surface area contributed by atoms with Crippen molar-refractivity contribution in [2.24, 2.45) is 0 Å². The molecule has 0 unspecified atom stereocenters. The second kappa shape index (κ2) is 6.98. The quantitative estimate of drug-likeness (QED) is 0.838. The number of halogens is 2. The van der Waals surface area contributed by atoms with E-state index in [1.165, 1.54) is 13.2 Å². The fourth-order valence-corrected chi connectivity index (χ4v) is 1.84. The molecule has 1 aromatic heterocycles. The van der Waals surface area contributed by atoms with Crippen molar-refractivity contribution in [3.63, 3.8) is 0 Å². The van der Waals surface area contributed by atoms with Crippen LogP contribution in [0.1, 0.15) is 11.3 Å². The second-order valence-electron chi connectivity index (χ2n) is 4.24. The highest BCUT2D eigenvalue weighted by Crippen LogP contribution is 2.29. The number of rotatable bonds is 7. The van der Waals surface area contributed by atoms with Gasteiger partial charge in [-0.1, -0.05) is 11.3 Å². The van der Waals surface area contributed by atoms with Gasteiger partial charge in [0.2, 0.25) is 0 Å². The molecule has 114 valence electrons. The highest BCUT2D eigenvalue weighted by atomic mass is 19.3. The number of hydrogen-bond acceptors (Lipinski definition) is 5. The molecule has 0 amide bonds.